The lowest BCUT2D eigenvalue weighted by atomic mass is 9.97. The van der Waals surface area contributed by atoms with E-state index in [1.807, 2.05) is 22.7 Å². The van der Waals surface area contributed by atoms with E-state index in [0.29, 0.717) is 11.8 Å². The van der Waals surface area contributed by atoms with Crippen molar-refractivity contribution in [2.75, 3.05) is 0 Å². The molecule has 2 atom stereocenters. The van der Waals surface area contributed by atoms with Crippen LogP contribution in [0.3, 0.4) is 0 Å². The zero-order valence-corrected chi connectivity index (χ0v) is 10.9. The van der Waals surface area contributed by atoms with E-state index in [1.54, 1.807) is 11.1 Å². The van der Waals surface area contributed by atoms with Gasteiger partial charge < -0.3 is 0 Å². The third-order valence-corrected chi connectivity index (χ3v) is 5.52. The summed E-state index contributed by atoms with van der Waals surface area (Å²) in [5.74, 6) is 1.33. The van der Waals surface area contributed by atoms with E-state index in [2.05, 4.69) is 47.2 Å². The lowest BCUT2D eigenvalue weighted by molar-refractivity contribution is 0.747. The summed E-state index contributed by atoms with van der Waals surface area (Å²) >= 11 is 3.73. The molecule has 0 saturated carbocycles. The summed E-state index contributed by atoms with van der Waals surface area (Å²) < 4.78 is 0. The van der Waals surface area contributed by atoms with E-state index in [0.717, 1.165) is 0 Å². The van der Waals surface area contributed by atoms with Crippen molar-refractivity contribution in [1.29, 1.82) is 0 Å². The van der Waals surface area contributed by atoms with Crippen LogP contribution in [-0.2, 0) is 0 Å². The summed E-state index contributed by atoms with van der Waals surface area (Å²) in [6, 6.07) is 8.79. The molecule has 0 nitrogen and oxygen atoms in total. The lowest BCUT2D eigenvalue weighted by Crippen LogP contribution is -1.92. The van der Waals surface area contributed by atoms with Crippen molar-refractivity contribution in [2.24, 2.45) is 11.8 Å². The van der Waals surface area contributed by atoms with Crippen LogP contribution >= 0.6 is 22.7 Å². The fourth-order valence-corrected chi connectivity index (χ4v) is 4.57. The van der Waals surface area contributed by atoms with Crippen molar-refractivity contribution >= 4 is 33.8 Å². The molecule has 84 valence electrons. The maximum Gasteiger partial charge on any atom is 0.0305 e. The highest BCUT2D eigenvalue weighted by Gasteiger charge is 2.35. The standard InChI is InChI=1S/C15H12S2/c1-3-14(16-5-1)12-8-11-7-10(12)9-13(11)15-4-2-6-17-15/h1-6,8-11H,7H2/t10-,11-/m1/s1. The van der Waals surface area contributed by atoms with Gasteiger partial charge >= 0.3 is 0 Å². The monoisotopic (exact) mass is 256 g/mol. The van der Waals surface area contributed by atoms with Gasteiger partial charge in [0.15, 0.2) is 0 Å². The number of thiophene rings is 2. The minimum Gasteiger partial charge on any atom is -0.144 e. The molecule has 0 radical (unpaired) electrons. The van der Waals surface area contributed by atoms with Crippen LogP contribution in [0.15, 0.2) is 47.2 Å². The molecule has 2 heterocycles. The smallest absolute Gasteiger partial charge is 0.0305 e. The molecule has 17 heavy (non-hydrogen) atoms. The highest BCUT2D eigenvalue weighted by atomic mass is 32.1. The van der Waals surface area contributed by atoms with E-state index in [1.165, 1.54) is 16.2 Å². The summed E-state index contributed by atoms with van der Waals surface area (Å²) in [5.41, 5.74) is 3.12. The van der Waals surface area contributed by atoms with Crippen LogP contribution in [0.2, 0.25) is 0 Å². The first-order chi connectivity index (χ1) is 8.42. The molecular formula is C15H12S2. The first kappa shape index (κ1) is 9.86. The van der Waals surface area contributed by atoms with Gasteiger partial charge in [-0.25, -0.2) is 0 Å². The second kappa shape index (κ2) is 3.69. The van der Waals surface area contributed by atoms with Gasteiger partial charge in [0, 0.05) is 21.6 Å². The van der Waals surface area contributed by atoms with Crippen molar-refractivity contribution < 1.29 is 0 Å². The van der Waals surface area contributed by atoms with Crippen LogP contribution in [0.1, 0.15) is 16.2 Å². The fraction of sp³-hybridized carbons (Fsp3) is 0.200. The Morgan fingerprint density at radius 2 is 1.35 bits per heavy atom. The van der Waals surface area contributed by atoms with E-state index in [4.69, 9.17) is 0 Å². The molecule has 2 aliphatic carbocycles. The normalized spacial score (nSPS) is 26.1. The van der Waals surface area contributed by atoms with Gasteiger partial charge in [-0.2, -0.15) is 0 Å². The largest absolute Gasteiger partial charge is 0.144 e. The Morgan fingerprint density at radius 3 is 1.71 bits per heavy atom. The third-order valence-electron chi connectivity index (χ3n) is 3.68. The first-order valence-corrected chi connectivity index (χ1v) is 7.69. The molecule has 2 aliphatic rings. The Morgan fingerprint density at radius 1 is 0.824 bits per heavy atom. The van der Waals surface area contributed by atoms with Crippen molar-refractivity contribution in [3.63, 3.8) is 0 Å². The van der Waals surface area contributed by atoms with Gasteiger partial charge in [-0.3, -0.25) is 0 Å². The minimum absolute atomic E-state index is 0.663. The number of hydrogen-bond donors (Lipinski definition) is 0. The molecule has 2 aromatic heterocycles. The summed E-state index contributed by atoms with van der Waals surface area (Å²) in [6.45, 7) is 0. The molecule has 0 unspecified atom stereocenters. The van der Waals surface area contributed by atoms with Gasteiger partial charge in [0.2, 0.25) is 0 Å². The molecule has 0 saturated heterocycles. The lowest BCUT2D eigenvalue weighted by Gasteiger charge is -2.11. The molecular weight excluding hydrogens is 244 g/mol. The molecule has 2 bridgehead atoms. The number of hydrogen-bond acceptors (Lipinski definition) is 2. The van der Waals surface area contributed by atoms with Crippen LogP contribution in [0.25, 0.3) is 11.1 Å². The highest BCUT2D eigenvalue weighted by molar-refractivity contribution is 7.11. The number of rotatable bonds is 2. The third kappa shape index (κ3) is 1.48. The molecule has 0 aliphatic heterocycles. The maximum absolute atomic E-state index is 2.49. The van der Waals surface area contributed by atoms with Crippen molar-refractivity contribution in [3.05, 3.63) is 56.9 Å². The molecule has 0 fully saturated rings. The van der Waals surface area contributed by atoms with Gasteiger partial charge in [-0.15, -0.1) is 22.7 Å². The Balaban J connectivity index is 1.69. The van der Waals surface area contributed by atoms with Crippen molar-refractivity contribution in [3.8, 4) is 0 Å². The van der Waals surface area contributed by atoms with E-state index in [9.17, 15) is 0 Å². The zero-order valence-electron chi connectivity index (χ0n) is 9.30. The average Bonchev–Trinajstić information content (AvgIpc) is 3.12. The summed E-state index contributed by atoms with van der Waals surface area (Å²) in [4.78, 5) is 2.91. The molecule has 0 amide bonds. The first-order valence-electron chi connectivity index (χ1n) is 5.93. The Kier molecular flexibility index (Phi) is 2.14. The fourth-order valence-electron chi connectivity index (χ4n) is 2.94. The predicted octanol–water partition coefficient (Wildman–Crippen LogP) is 4.93. The van der Waals surface area contributed by atoms with Crippen LogP contribution in [-0.4, -0.2) is 0 Å². The summed E-state index contributed by atoms with van der Waals surface area (Å²) in [5, 5.41) is 4.35. The molecule has 0 N–H and O–H groups in total. The highest BCUT2D eigenvalue weighted by Crippen LogP contribution is 2.51. The van der Waals surface area contributed by atoms with Crippen LogP contribution in [0.5, 0.6) is 0 Å². The Bertz CT molecular complexity index is 531. The molecule has 2 heteroatoms. The van der Waals surface area contributed by atoms with Crippen LogP contribution in [0.4, 0.5) is 0 Å². The second-order valence-corrected chi connectivity index (χ2v) is 6.54. The van der Waals surface area contributed by atoms with E-state index < -0.39 is 0 Å². The molecule has 2 aromatic rings. The summed E-state index contributed by atoms with van der Waals surface area (Å²) in [6.07, 6.45) is 6.28. The van der Waals surface area contributed by atoms with Gasteiger partial charge in [0.05, 0.1) is 0 Å². The SMILES string of the molecule is C1=C(c2cccs2)[C@H]2C=C(c3cccs3)[C@@H]1C2. The molecule has 4 rings (SSSR count). The quantitative estimate of drug-likeness (QED) is 0.715. The van der Waals surface area contributed by atoms with Crippen molar-refractivity contribution in [1.82, 2.24) is 0 Å². The number of allylic oxidation sites excluding steroid dienone is 4. The Hall–Kier alpha value is -1.12. The van der Waals surface area contributed by atoms with Crippen molar-refractivity contribution in [2.45, 2.75) is 6.42 Å². The van der Waals surface area contributed by atoms with Gasteiger partial charge in [0.1, 0.15) is 0 Å². The van der Waals surface area contributed by atoms with Crippen LogP contribution in [0, 0.1) is 11.8 Å². The molecule has 0 aromatic carbocycles. The van der Waals surface area contributed by atoms with Crippen LogP contribution < -0.4 is 0 Å². The van der Waals surface area contributed by atoms with E-state index >= 15 is 0 Å². The maximum atomic E-state index is 2.49. The molecule has 0 spiro atoms. The average molecular weight is 256 g/mol. The van der Waals surface area contributed by atoms with Gasteiger partial charge in [-0.05, 0) is 40.5 Å². The predicted molar refractivity (Wildman–Crippen MR) is 76.2 cm³/mol. The van der Waals surface area contributed by atoms with E-state index in [-0.39, 0.29) is 0 Å². The topological polar surface area (TPSA) is 0 Å². The summed E-state index contributed by atoms with van der Waals surface area (Å²) in [7, 11) is 0. The van der Waals surface area contributed by atoms with Gasteiger partial charge in [-0.1, -0.05) is 24.3 Å². The number of fused-ring (bicyclic) bond motifs is 2. The minimum atomic E-state index is 0.663. The van der Waals surface area contributed by atoms with Gasteiger partial charge in [0.25, 0.3) is 0 Å². The second-order valence-electron chi connectivity index (χ2n) is 4.65. The zero-order chi connectivity index (χ0) is 11.2. The Labute approximate surface area is 109 Å².